The molecule has 2 atom stereocenters. The number of nitrogens with zero attached hydrogens (tertiary/aromatic N) is 1. The van der Waals surface area contributed by atoms with Gasteiger partial charge in [-0.25, -0.2) is 0 Å². The first-order chi connectivity index (χ1) is 8.67. The van der Waals surface area contributed by atoms with Crippen LogP contribution in [-0.4, -0.2) is 41.4 Å². The first kappa shape index (κ1) is 13.2. The number of carbonyl (C=O) groups is 1. The fourth-order valence-corrected chi connectivity index (χ4v) is 3.35. The Bertz CT molecular complexity index is 421. The molecule has 0 aromatic heterocycles. The van der Waals surface area contributed by atoms with Crippen molar-refractivity contribution in [3.05, 3.63) is 29.8 Å². The molecule has 0 aliphatic carbocycles. The van der Waals surface area contributed by atoms with Gasteiger partial charge in [0.2, 0.25) is 5.91 Å². The lowest BCUT2D eigenvalue weighted by molar-refractivity contribution is -0.130. The van der Waals surface area contributed by atoms with Crippen molar-refractivity contribution in [3.8, 4) is 5.75 Å². The molecule has 1 aromatic rings. The second kappa shape index (κ2) is 5.63. The minimum absolute atomic E-state index is 0.00826. The van der Waals surface area contributed by atoms with E-state index >= 15 is 0 Å². The fraction of sp³-hybridized carbons (Fsp3) is 0.462. The monoisotopic (exact) mass is 267 g/mol. The summed E-state index contributed by atoms with van der Waals surface area (Å²) in [5, 5.41) is 8.99. The molecule has 98 valence electrons. The van der Waals surface area contributed by atoms with E-state index in [1.165, 1.54) is 0 Å². The average molecular weight is 267 g/mol. The van der Waals surface area contributed by atoms with E-state index < -0.39 is 0 Å². The maximum Gasteiger partial charge on any atom is 0.236 e. The third-order valence-corrected chi connectivity index (χ3v) is 4.38. The summed E-state index contributed by atoms with van der Waals surface area (Å²) in [6, 6.07) is 7.71. The Hall–Kier alpha value is -1.20. The second-order valence-electron chi connectivity index (χ2n) is 4.16. The number of rotatable bonds is 4. The van der Waals surface area contributed by atoms with E-state index in [1.807, 2.05) is 31.2 Å². The molecule has 1 N–H and O–H groups in total. The van der Waals surface area contributed by atoms with Gasteiger partial charge in [0.15, 0.2) is 0 Å². The average Bonchev–Trinajstić information content (AvgIpc) is 2.68. The van der Waals surface area contributed by atoms with Gasteiger partial charge in [0.1, 0.15) is 11.1 Å². The van der Waals surface area contributed by atoms with Crippen molar-refractivity contribution >= 4 is 17.7 Å². The molecule has 0 saturated carbocycles. The van der Waals surface area contributed by atoms with Crippen LogP contribution in [-0.2, 0) is 4.79 Å². The maximum atomic E-state index is 12.0. The summed E-state index contributed by atoms with van der Waals surface area (Å²) in [5.41, 5.74) is 1.06. The molecule has 1 aliphatic rings. The van der Waals surface area contributed by atoms with Crippen LogP contribution in [0.25, 0.3) is 0 Å². The van der Waals surface area contributed by atoms with E-state index in [0.29, 0.717) is 6.54 Å². The minimum atomic E-state index is -0.0522. The normalized spacial score (nSPS) is 23.5. The number of thioether (sulfide) groups is 1. The molecule has 0 unspecified atom stereocenters. The van der Waals surface area contributed by atoms with Crippen molar-refractivity contribution < 1.29 is 14.6 Å². The molecule has 0 spiro atoms. The van der Waals surface area contributed by atoms with Crippen LogP contribution in [0.3, 0.4) is 0 Å². The highest BCUT2D eigenvalue weighted by atomic mass is 32.2. The molecule has 0 radical (unpaired) electrons. The third kappa shape index (κ3) is 2.47. The summed E-state index contributed by atoms with van der Waals surface area (Å²) >= 11 is 1.61. The summed E-state index contributed by atoms with van der Waals surface area (Å²) in [4.78, 5) is 13.7. The van der Waals surface area contributed by atoms with Gasteiger partial charge in [0, 0.05) is 6.54 Å². The highest BCUT2D eigenvalue weighted by Crippen LogP contribution is 2.42. The van der Waals surface area contributed by atoms with Crippen LogP contribution in [0, 0.1) is 0 Å². The van der Waals surface area contributed by atoms with Gasteiger partial charge < -0.3 is 14.7 Å². The SMILES string of the molecule is COc1ccc([C@@H]2S[C@H](C)C(=O)N2CCO)cc1. The summed E-state index contributed by atoms with van der Waals surface area (Å²) in [5.74, 6) is 0.893. The summed E-state index contributed by atoms with van der Waals surface area (Å²) in [6.45, 7) is 2.28. The Morgan fingerprint density at radius 3 is 2.61 bits per heavy atom. The van der Waals surface area contributed by atoms with E-state index in [-0.39, 0.29) is 23.1 Å². The predicted octanol–water partition coefficient (Wildman–Crippen LogP) is 1.65. The lowest BCUT2D eigenvalue weighted by Crippen LogP contribution is -2.32. The lowest BCUT2D eigenvalue weighted by atomic mass is 10.2. The van der Waals surface area contributed by atoms with Gasteiger partial charge in [0.25, 0.3) is 0 Å². The molecule has 1 aliphatic heterocycles. The largest absolute Gasteiger partial charge is 0.497 e. The number of methoxy groups -OCH3 is 1. The number of carbonyl (C=O) groups excluding carboxylic acids is 1. The number of aliphatic hydroxyl groups is 1. The molecule has 1 heterocycles. The zero-order valence-corrected chi connectivity index (χ0v) is 11.3. The van der Waals surface area contributed by atoms with Crippen LogP contribution in [0.1, 0.15) is 17.9 Å². The Balaban J connectivity index is 2.22. The molecule has 2 rings (SSSR count). The first-order valence-electron chi connectivity index (χ1n) is 5.88. The number of hydrogen-bond donors (Lipinski definition) is 1. The van der Waals surface area contributed by atoms with Crippen LogP contribution < -0.4 is 4.74 Å². The smallest absolute Gasteiger partial charge is 0.236 e. The van der Waals surface area contributed by atoms with Gasteiger partial charge in [-0.15, -0.1) is 11.8 Å². The Labute approximate surface area is 111 Å². The van der Waals surface area contributed by atoms with E-state index in [4.69, 9.17) is 9.84 Å². The van der Waals surface area contributed by atoms with Gasteiger partial charge in [-0.1, -0.05) is 12.1 Å². The van der Waals surface area contributed by atoms with Crippen LogP contribution in [0.5, 0.6) is 5.75 Å². The van der Waals surface area contributed by atoms with Crippen LogP contribution >= 0.6 is 11.8 Å². The fourth-order valence-electron chi connectivity index (χ4n) is 2.04. The van der Waals surface area contributed by atoms with Gasteiger partial charge in [-0.3, -0.25) is 4.79 Å². The number of aliphatic hydroxyl groups excluding tert-OH is 1. The summed E-state index contributed by atoms with van der Waals surface area (Å²) in [7, 11) is 1.63. The third-order valence-electron chi connectivity index (χ3n) is 2.99. The van der Waals surface area contributed by atoms with Crippen molar-refractivity contribution in [1.29, 1.82) is 0 Å². The molecular weight excluding hydrogens is 250 g/mol. The van der Waals surface area contributed by atoms with Crippen molar-refractivity contribution in [1.82, 2.24) is 4.90 Å². The predicted molar refractivity (Wildman–Crippen MR) is 71.6 cm³/mol. The summed E-state index contributed by atoms with van der Waals surface area (Å²) < 4.78 is 5.12. The molecule has 0 bridgehead atoms. The van der Waals surface area contributed by atoms with E-state index in [0.717, 1.165) is 11.3 Å². The van der Waals surface area contributed by atoms with Crippen molar-refractivity contribution in [2.24, 2.45) is 0 Å². The number of β-amino-alcohol motifs (C(OH)–C–C–N with tert-alkyl or cyclic N) is 1. The van der Waals surface area contributed by atoms with Crippen molar-refractivity contribution in [2.75, 3.05) is 20.3 Å². The number of benzene rings is 1. The zero-order chi connectivity index (χ0) is 13.1. The highest BCUT2D eigenvalue weighted by molar-refractivity contribution is 8.01. The topological polar surface area (TPSA) is 49.8 Å². The zero-order valence-electron chi connectivity index (χ0n) is 10.5. The Kier molecular flexibility index (Phi) is 4.14. The molecular formula is C13H17NO3S. The van der Waals surface area contributed by atoms with Crippen molar-refractivity contribution in [3.63, 3.8) is 0 Å². The van der Waals surface area contributed by atoms with Gasteiger partial charge >= 0.3 is 0 Å². The minimum Gasteiger partial charge on any atom is -0.497 e. The second-order valence-corrected chi connectivity index (χ2v) is 5.58. The standard InChI is InChI=1S/C13H17NO3S/c1-9-12(16)14(7-8-15)13(18-9)10-3-5-11(17-2)6-4-10/h3-6,9,13,15H,7-8H2,1-2H3/t9-,13+/m1/s1. The van der Waals surface area contributed by atoms with Crippen LogP contribution in [0.15, 0.2) is 24.3 Å². The Morgan fingerprint density at radius 2 is 2.06 bits per heavy atom. The molecule has 1 aromatic carbocycles. The summed E-state index contributed by atoms with van der Waals surface area (Å²) in [6.07, 6.45) is 0. The van der Waals surface area contributed by atoms with Crippen LogP contribution in [0.2, 0.25) is 0 Å². The van der Waals surface area contributed by atoms with Gasteiger partial charge in [0.05, 0.1) is 19.0 Å². The molecule has 1 saturated heterocycles. The maximum absolute atomic E-state index is 12.0. The molecule has 4 nitrogen and oxygen atoms in total. The van der Waals surface area contributed by atoms with Crippen LogP contribution in [0.4, 0.5) is 0 Å². The highest BCUT2D eigenvalue weighted by Gasteiger charge is 2.37. The number of hydrogen-bond acceptors (Lipinski definition) is 4. The number of ether oxygens (including phenoxy) is 1. The molecule has 1 fully saturated rings. The quantitative estimate of drug-likeness (QED) is 0.901. The van der Waals surface area contributed by atoms with E-state index in [2.05, 4.69) is 0 Å². The van der Waals surface area contributed by atoms with E-state index in [1.54, 1.807) is 23.8 Å². The molecule has 1 amide bonds. The Morgan fingerprint density at radius 1 is 1.39 bits per heavy atom. The first-order valence-corrected chi connectivity index (χ1v) is 6.82. The lowest BCUT2D eigenvalue weighted by Gasteiger charge is -2.23. The van der Waals surface area contributed by atoms with Crippen molar-refractivity contribution in [2.45, 2.75) is 17.5 Å². The molecule has 18 heavy (non-hydrogen) atoms. The molecule has 5 heteroatoms. The van der Waals surface area contributed by atoms with E-state index in [9.17, 15) is 4.79 Å². The number of amides is 1. The van der Waals surface area contributed by atoms with Gasteiger partial charge in [-0.2, -0.15) is 0 Å². The van der Waals surface area contributed by atoms with Gasteiger partial charge in [-0.05, 0) is 24.6 Å².